The maximum Gasteiger partial charge on any atom is 0.323 e. The number of hydrogen-bond acceptors (Lipinski definition) is 5. The van der Waals surface area contributed by atoms with Gasteiger partial charge in [0.1, 0.15) is 6.04 Å². The first-order chi connectivity index (χ1) is 9.60. The lowest BCUT2D eigenvalue weighted by Crippen LogP contribution is -2.44. The van der Waals surface area contributed by atoms with Gasteiger partial charge in [0, 0.05) is 19.7 Å². The van der Waals surface area contributed by atoms with Crippen molar-refractivity contribution in [3.05, 3.63) is 0 Å². The fourth-order valence-corrected chi connectivity index (χ4v) is 2.20. The minimum absolute atomic E-state index is 0.142. The van der Waals surface area contributed by atoms with Crippen molar-refractivity contribution in [2.45, 2.75) is 52.6 Å². The van der Waals surface area contributed by atoms with Crippen molar-refractivity contribution in [2.24, 2.45) is 0 Å². The molecule has 2 atom stereocenters. The smallest absolute Gasteiger partial charge is 0.323 e. The molecule has 20 heavy (non-hydrogen) atoms. The van der Waals surface area contributed by atoms with Crippen LogP contribution in [-0.2, 0) is 14.3 Å². The van der Waals surface area contributed by atoms with Crippen molar-refractivity contribution >= 4 is 5.97 Å². The van der Waals surface area contributed by atoms with E-state index in [2.05, 4.69) is 31.0 Å². The van der Waals surface area contributed by atoms with E-state index >= 15 is 0 Å². The number of methoxy groups -OCH3 is 1. The van der Waals surface area contributed by atoms with Gasteiger partial charge >= 0.3 is 5.97 Å². The van der Waals surface area contributed by atoms with E-state index in [0.717, 1.165) is 32.5 Å². The Hall–Kier alpha value is -0.650. The Balaban J connectivity index is 4.36. The summed E-state index contributed by atoms with van der Waals surface area (Å²) in [5, 5.41) is 3.27. The number of likely N-dealkylation sites (N-methyl/N-ethyl adjacent to an activating group) is 1. The van der Waals surface area contributed by atoms with Crippen LogP contribution >= 0.6 is 0 Å². The van der Waals surface area contributed by atoms with E-state index in [0.29, 0.717) is 19.3 Å². The summed E-state index contributed by atoms with van der Waals surface area (Å²) in [6.45, 7) is 12.0. The maximum absolute atomic E-state index is 11.9. The molecule has 0 aromatic rings. The van der Waals surface area contributed by atoms with Crippen LogP contribution in [0.15, 0.2) is 0 Å². The predicted molar refractivity (Wildman–Crippen MR) is 81.9 cm³/mol. The van der Waals surface area contributed by atoms with Gasteiger partial charge in [-0.15, -0.1) is 0 Å². The lowest BCUT2D eigenvalue weighted by Gasteiger charge is -2.28. The zero-order valence-electron chi connectivity index (χ0n) is 13.8. The van der Waals surface area contributed by atoms with Crippen LogP contribution in [0.4, 0.5) is 0 Å². The number of carbonyl (C=O) groups excluding carboxylic acids is 1. The zero-order chi connectivity index (χ0) is 15.4. The van der Waals surface area contributed by atoms with Gasteiger partial charge in [-0.05, 0) is 39.8 Å². The van der Waals surface area contributed by atoms with Crippen LogP contribution in [0.5, 0.6) is 0 Å². The quantitative estimate of drug-likeness (QED) is 0.554. The summed E-state index contributed by atoms with van der Waals surface area (Å²) in [6.07, 6.45) is 1.77. The van der Waals surface area contributed by atoms with Gasteiger partial charge in [-0.1, -0.05) is 13.8 Å². The Morgan fingerprint density at radius 3 is 2.50 bits per heavy atom. The van der Waals surface area contributed by atoms with E-state index in [1.54, 1.807) is 7.11 Å². The molecule has 120 valence electrons. The third kappa shape index (κ3) is 7.82. The highest BCUT2D eigenvalue weighted by molar-refractivity contribution is 5.75. The molecule has 0 aliphatic heterocycles. The molecule has 0 spiro atoms. The first-order valence-electron chi connectivity index (χ1n) is 7.73. The molecular formula is C15H32N2O3. The predicted octanol–water partition coefficient (Wildman–Crippen LogP) is 1.66. The highest BCUT2D eigenvalue weighted by atomic mass is 16.5. The highest BCUT2D eigenvalue weighted by Crippen LogP contribution is 2.04. The summed E-state index contributed by atoms with van der Waals surface area (Å²) in [4.78, 5) is 14.2. The topological polar surface area (TPSA) is 50.8 Å². The first-order valence-corrected chi connectivity index (χ1v) is 7.73. The second-order valence-electron chi connectivity index (χ2n) is 4.98. The molecular weight excluding hydrogens is 256 g/mol. The molecule has 5 nitrogen and oxygen atoms in total. The van der Waals surface area contributed by atoms with Gasteiger partial charge in [0.25, 0.3) is 0 Å². The number of hydrogen-bond donors (Lipinski definition) is 1. The highest BCUT2D eigenvalue weighted by Gasteiger charge is 2.21. The van der Waals surface area contributed by atoms with Gasteiger partial charge in [-0.2, -0.15) is 0 Å². The normalized spacial score (nSPS) is 14.3. The van der Waals surface area contributed by atoms with Crippen LogP contribution in [0.25, 0.3) is 0 Å². The van der Waals surface area contributed by atoms with Gasteiger partial charge in [0.15, 0.2) is 0 Å². The van der Waals surface area contributed by atoms with Gasteiger partial charge in [0.2, 0.25) is 0 Å². The number of rotatable bonds is 12. The number of esters is 1. The van der Waals surface area contributed by atoms with E-state index in [9.17, 15) is 4.79 Å². The lowest BCUT2D eigenvalue weighted by atomic mass is 10.1. The van der Waals surface area contributed by atoms with Crippen LogP contribution in [-0.4, -0.2) is 62.9 Å². The van der Waals surface area contributed by atoms with Crippen LogP contribution < -0.4 is 5.32 Å². The molecule has 0 saturated carbocycles. The Labute approximate surface area is 124 Å². The third-order valence-corrected chi connectivity index (χ3v) is 3.35. The third-order valence-electron chi connectivity index (χ3n) is 3.35. The second-order valence-corrected chi connectivity index (χ2v) is 4.98. The van der Waals surface area contributed by atoms with Crippen molar-refractivity contribution in [1.29, 1.82) is 0 Å². The largest absolute Gasteiger partial charge is 0.465 e. The van der Waals surface area contributed by atoms with Gasteiger partial charge < -0.3 is 14.8 Å². The van der Waals surface area contributed by atoms with Gasteiger partial charge in [-0.3, -0.25) is 9.69 Å². The summed E-state index contributed by atoms with van der Waals surface area (Å²) in [6, 6.07) is 0.151. The average molecular weight is 288 g/mol. The fourth-order valence-electron chi connectivity index (χ4n) is 2.20. The Morgan fingerprint density at radius 1 is 1.30 bits per heavy atom. The van der Waals surface area contributed by atoms with E-state index in [4.69, 9.17) is 9.47 Å². The number of nitrogens with one attached hydrogen (secondary N) is 1. The van der Waals surface area contributed by atoms with Crippen molar-refractivity contribution in [2.75, 3.05) is 40.0 Å². The summed E-state index contributed by atoms with van der Waals surface area (Å²) in [5.74, 6) is -0.142. The van der Waals surface area contributed by atoms with Crippen LogP contribution in [0.3, 0.4) is 0 Å². The monoisotopic (exact) mass is 288 g/mol. The zero-order valence-corrected chi connectivity index (χ0v) is 13.8. The molecule has 1 N–H and O–H groups in total. The van der Waals surface area contributed by atoms with E-state index < -0.39 is 0 Å². The molecule has 0 rings (SSSR count). The molecule has 0 fully saturated rings. The Kier molecular flexibility index (Phi) is 11.7. The molecule has 0 aliphatic rings. The minimum Gasteiger partial charge on any atom is -0.465 e. The number of ether oxygens (including phenoxy) is 2. The molecule has 0 radical (unpaired) electrons. The Morgan fingerprint density at radius 2 is 2.00 bits per heavy atom. The molecule has 0 aliphatic carbocycles. The fraction of sp³-hybridized carbons (Fsp3) is 0.933. The molecule has 2 unspecified atom stereocenters. The number of carbonyl (C=O) groups is 1. The first kappa shape index (κ1) is 19.4. The molecule has 0 saturated heterocycles. The summed E-state index contributed by atoms with van der Waals surface area (Å²) >= 11 is 0. The van der Waals surface area contributed by atoms with E-state index in [1.807, 2.05) is 6.92 Å². The summed E-state index contributed by atoms with van der Waals surface area (Å²) in [5.41, 5.74) is 0. The van der Waals surface area contributed by atoms with Crippen molar-refractivity contribution in [3.63, 3.8) is 0 Å². The van der Waals surface area contributed by atoms with E-state index in [1.165, 1.54) is 0 Å². The molecule has 0 aromatic heterocycles. The van der Waals surface area contributed by atoms with Crippen LogP contribution in [0, 0.1) is 0 Å². The standard InChI is InChI=1S/C15H32N2O3/c1-6-10-16-14(15(18)20-8-3)9-11-17(7-2)13(4)12-19-5/h13-14,16H,6-12H2,1-5H3. The minimum atomic E-state index is -0.210. The van der Waals surface area contributed by atoms with Crippen LogP contribution in [0.2, 0.25) is 0 Å². The number of nitrogens with zero attached hydrogens (tertiary/aromatic N) is 1. The van der Waals surface area contributed by atoms with Gasteiger partial charge in [0.05, 0.1) is 13.2 Å². The van der Waals surface area contributed by atoms with Crippen molar-refractivity contribution in [3.8, 4) is 0 Å². The van der Waals surface area contributed by atoms with Gasteiger partial charge in [-0.25, -0.2) is 0 Å². The van der Waals surface area contributed by atoms with Crippen molar-refractivity contribution < 1.29 is 14.3 Å². The van der Waals surface area contributed by atoms with Crippen LogP contribution in [0.1, 0.15) is 40.5 Å². The molecule has 0 amide bonds. The molecule has 0 heterocycles. The lowest BCUT2D eigenvalue weighted by molar-refractivity contribution is -0.146. The average Bonchev–Trinajstić information content (AvgIpc) is 2.43. The maximum atomic E-state index is 11.9. The molecule has 0 bridgehead atoms. The Bertz CT molecular complexity index is 249. The second kappa shape index (κ2) is 12.1. The van der Waals surface area contributed by atoms with Crippen molar-refractivity contribution in [1.82, 2.24) is 10.2 Å². The molecule has 0 aromatic carbocycles. The SMILES string of the molecule is CCCNC(CCN(CC)C(C)COC)C(=O)OCC. The summed E-state index contributed by atoms with van der Waals surface area (Å²) in [7, 11) is 1.72. The summed E-state index contributed by atoms with van der Waals surface area (Å²) < 4.78 is 10.3. The molecule has 5 heteroatoms. The van der Waals surface area contributed by atoms with E-state index in [-0.39, 0.29) is 12.0 Å².